The number of halogens is 10. The first-order valence-electron chi connectivity index (χ1n) is 6.45. The van der Waals surface area contributed by atoms with Crippen LogP contribution in [-0.4, -0.2) is 56.2 Å². The first kappa shape index (κ1) is 24.7. The number of methoxy groups -OCH3 is 1. The summed E-state index contributed by atoms with van der Waals surface area (Å²) in [5.74, 6) is -23.4. The van der Waals surface area contributed by atoms with Crippen molar-refractivity contribution in [3.8, 4) is 0 Å². The van der Waals surface area contributed by atoms with Gasteiger partial charge in [-0.15, -0.1) is 0 Å². The summed E-state index contributed by atoms with van der Waals surface area (Å²) in [6, 6.07) is 0. The van der Waals surface area contributed by atoms with Crippen molar-refractivity contribution in [3.63, 3.8) is 0 Å². The van der Waals surface area contributed by atoms with Crippen LogP contribution in [0.25, 0.3) is 0 Å². The minimum Gasteiger partial charge on any atom is -0.466 e. The third-order valence-corrected chi connectivity index (χ3v) is 5.30. The standard InChI is InChI=1S/C11H12F10O4S/c1-3-7(12,13)10(17,18)9(16,6(22)25-2)26(23,24)5-4-8(14,15)11(19,20)21/h3-5H2,1-2H3. The molecular weight excluding hydrogens is 418 g/mol. The summed E-state index contributed by atoms with van der Waals surface area (Å²) >= 11 is 0. The predicted molar refractivity (Wildman–Crippen MR) is 65.4 cm³/mol. The fourth-order valence-electron chi connectivity index (χ4n) is 1.58. The zero-order valence-electron chi connectivity index (χ0n) is 12.9. The minimum atomic E-state index is -6.63. The van der Waals surface area contributed by atoms with Gasteiger partial charge in [-0.25, -0.2) is 17.6 Å². The monoisotopic (exact) mass is 430 g/mol. The van der Waals surface area contributed by atoms with Crippen LogP contribution in [0.2, 0.25) is 0 Å². The second-order valence-electron chi connectivity index (χ2n) is 4.99. The van der Waals surface area contributed by atoms with Gasteiger partial charge in [0.2, 0.25) is 9.84 Å². The number of ether oxygens (including phenoxy) is 1. The molecule has 0 saturated heterocycles. The van der Waals surface area contributed by atoms with Crippen LogP contribution in [0.3, 0.4) is 0 Å². The predicted octanol–water partition coefficient (Wildman–Crippen LogP) is 3.51. The zero-order chi connectivity index (χ0) is 21.4. The Hall–Kier alpha value is -1.28. The summed E-state index contributed by atoms with van der Waals surface area (Å²) < 4.78 is 157. The molecule has 0 bridgehead atoms. The van der Waals surface area contributed by atoms with Gasteiger partial charge in [-0.2, -0.15) is 39.5 Å². The van der Waals surface area contributed by atoms with Gasteiger partial charge in [0.15, 0.2) is 0 Å². The topological polar surface area (TPSA) is 60.4 Å². The summed E-state index contributed by atoms with van der Waals surface area (Å²) in [5.41, 5.74) is 0. The van der Waals surface area contributed by atoms with Crippen LogP contribution in [-0.2, 0) is 19.4 Å². The van der Waals surface area contributed by atoms with Gasteiger partial charge in [-0.05, 0) is 0 Å². The van der Waals surface area contributed by atoms with Crippen molar-refractivity contribution in [2.45, 2.75) is 48.7 Å². The maximum Gasteiger partial charge on any atom is 0.453 e. The molecule has 26 heavy (non-hydrogen) atoms. The van der Waals surface area contributed by atoms with Gasteiger partial charge in [0.05, 0.1) is 12.9 Å². The van der Waals surface area contributed by atoms with E-state index in [2.05, 4.69) is 4.74 Å². The van der Waals surface area contributed by atoms with E-state index < -0.39 is 63.3 Å². The molecule has 0 heterocycles. The van der Waals surface area contributed by atoms with E-state index in [1.807, 2.05) is 0 Å². The average molecular weight is 430 g/mol. The van der Waals surface area contributed by atoms with Crippen molar-refractivity contribution < 1.29 is 61.9 Å². The number of rotatable bonds is 8. The molecule has 0 aliphatic rings. The molecule has 0 saturated carbocycles. The van der Waals surface area contributed by atoms with Gasteiger partial charge in [-0.1, -0.05) is 6.92 Å². The second-order valence-corrected chi connectivity index (χ2v) is 7.19. The second kappa shape index (κ2) is 7.03. The molecule has 1 unspecified atom stereocenters. The average Bonchev–Trinajstić information content (AvgIpc) is 2.49. The van der Waals surface area contributed by atoms with Crippen LogP contribution in [0.1, 0.15) is 19.8 Å². The molecule has 0 aliphatic carbocycles. The molecule has 0 aromatic heterocycles. The lowest BCUT2D eigenvalue weighted by molar-refractivity contribution is -0.282. The van der Waals surface area contributed by atoms with Crippen LogP contribution in [0.15, 0.2) is 0 Å². The normalized spacial score (nSPS) is 16.9. The van der Waals surface area contributed by atoms with Gasteiger partial charge in [0, 0.05) is 12.8 Å². The van der Waals surface area contributed by atoms with E-state index in [1.165, 1.54) is 0 Å². The van der Waals surface area contributed by atoms with Crippen molar-refractivity contribution in [1.29, 1.82) is 0 Å². The summed E-state index contributed by atoms with van der Waals surface area (Å²) in [4.78, 5) is 11.2. The Bertz CT molecular complexity index is 627. The van der Waals surface area contributed by atoms with Crippen molar-refractivity contribution >= 4 is 15.8 Å². The SMILES string of the molecule is CCC(F)(F)C(F)(F)C(F)(C(=O)OC)S(=O)(=O)CCC(F)(F)C(F)(F)F. The highest BCUT2D eigenvalue weighted by Crippen LogP contribution is 2.50. The largest absolute Gasteiger partial charge is 0.466 e. The fourth-order valence-corrected chi connectivity index (χ4v) is 3.27. The van der Waals surface area contributed by atoms with E-state index in [4.69, 9.17) is 0 Å². The number of hydrogen-bond acceptors (Lipinski definition) is 4. The van der Waals surface area contributed by atoms with E-state index in [0.29, 0.717) is 6.92 Å². The quantitative estimate of drug-likeness (QED) is 0.437. The van der Waals surface area contributed by atoms with Crippen LogP contribution in [0, 0.1) is 0 Å². The zero-order valence-corrected chi connectivity index (χ0v) is 13.8. The number of carbonyl (C=O) groups is 1. The Labute approximate surface area is 140 Å². The Balaban J connectivity index is 6.23. The molecule has 0 radical (unpaired) electrons. The molecule has 0 rings (SSSR count). The van der Waals surface area contributed by atoms with Crippen molar-refractivity contribution in [2.75, 3.05) is 12.9 Å². The van der Waals surface area contributed by atoms with Crippen LogP contribution >= 0.6 is 0 Å². The highest BCUT2D eigenvalue weighted by molar-refractivity contribution is 7.93. The molecule has 4 nitrogen and oxygen atoms in total. The summed E-state index contributed by atoms with van der Waals surface area (Å²) in [5, 5.41) is -5.89. The molecule has 0 aliphatic heterocycles. The van der Waals surface area contributed by atoms with Gasteiger partial charge >= 0.3 is 34.9 Å². The Morgan fingerprint density at radius 1 is 0.885 bits per heavy atom. The lowest BCUT2D eigenvalue weighted by Crippen LogP contribution is -2.65. The molecular formula is C11H12F10O4S. The molecule has 156 valence electrons. The van der Waals surface area contributed by atoms with E-state index >= 15 is 0 Å². The number of alkyl halides is 10. The Morgan fingerprint density at radius 2 is 1.31 bits per heavy atom. The van der Waals surface area contributed by atoms with Crippen molar-refractivity contribution in [3.05, 3.63) is 0 Å². The first-order chi connectivity index (χ1) is 11.2. The van der Waals surface area contributed by atoms with Gasteiger partial charge < -0.3 is 4.74 Å². The number of esters is 1. The summed E-state index contributed by atoms with van der Waals surface area (Å²) in [7, 11) is -6.51. The lowest BCUT2D eigenvalue weighted by atomic mass is 10.0. The molecule has 0 spiro atoms. The molecule has 0 aromatic carbocycles. The fraction of sp³-hybridized carbons (Fsp3) is 0.909. The van der Waals surface area contributed by atoms with Gasteiger partial charge in [0.25, 0.3) is 0 Å². The van der Waals surface area contributed by atoms with Gasteiger partial charge in [0.1, 0.15) is 0 Å². The Morgan fingerprint density at radius 3 is 1.62 bits per heavy atom. The minimum absolute atomic E-state index is 0.122. The third kappa shape index (κ3) is 3.86. The highest BCUT2D eigenvalue weighted by atomic mass is 32.2. The number of sulfone groups is 1. The maximum absolute atomic E-state index is 14.5. The summed E-state index contributed by atoms with van der Waals surface area (Å²) in [6.07, 6.45) is -11.0. The molecule has 0 N–H and O–H groups in total. The van der Waals surface area contributed by atoms with E-state index in [1.54, 1.807) is 0 Å². The van der Waals surface area contributed by atoms with E-state index in [0.717, 1.165) is 0 Å². The molecule has 15 heteroatoms. The van der Waals surface area contributed by atoms with Crippen LogP contribution in [0.4, 0.5) is 43.9 Å². The number of carbonyl (C=O) groups excluding carboxylic acids is 1. The van der Waals surface area contributed by atoms with Crippen molar-refractivity contribution in [1.82, 2.24) is 0 Å². The first-order valence-corrected chi connectivity index (χ1v) is 8.10. The van der Waals surface area contributed by atoms with Gasteiger partial charge in [-0.3, -0.25) is 0 Å². The third-order valence-electron chi connectivity index (χ3n) is 3.28. The van der Waals surface area contributed by atoms with E-state index in [-0.39, 0.29) is 7.11 Å². The summed E-state index contributed by atoms with van der Waals surface area (Å²) in [6.45, 7) is 0.357. The lowest BCUT2D eigenvalue weighted by Gasteiger charge is -2.35. The molecule has 1 atom stereocenters. The van der Waals surface area contributed by atoms with Crippen LogP contribution in [0.5, 0.6) is 0 Å². The van der Waals surface area contributed by atoms with E-state index in [9.17, 15) is 57.1 Å². The Kier molecular flexibility index (Phi) is 6.69. The molecule has 0 amide bonds. The highest BCUT2D eigenvalue weighted by Gasteiger charge is 2.79. The maximum atomic E-state index is 14.5. The number of hydrogen-bond donors (Lipinski definition) is 0. The molecule has 0 fully saturated rings. The van der Waals surface area contributed by atoms with Crippen LogP contribution < -0.4 is 0 Å². The molecule has 0 aromatic rings. The smallest absolute Gasteiger partial charge is 0.453 e. The van der Waals surface area contributed by atoms with Crippen molar-refractivity contribution in [2.24, 2.45) is 0 Å².